The molecule has 196 valence electrons. The van der Waals surface area contributed by atoms with E-state index in [1.807, 2.05) is 0 Å². The van der Waals surface area contributed by atoms with Crippen molar-refractivity contribution in [3.8, 4) is 0 Å². The van der Waals surface area contributed by atoms with Crippen molar-refractivity contribution in [3.05, 3.63) is 55.9 Å². The molecule has 1 saturated heterocycles. The van der Waals surface area contributed by atoms with Crippen LogP contribution in [0.25, 0.3) is 11.2 Å². The summed E-state index contributed by atoms with van der Waals surface area (Å²) in [5.74, 6) is 0.109. The number of piperazine rings is 1. The zero-order chi connectivity index (χ0) is 26.0. The van der Waals surface area contributed by atoms with Gasteiger partial charge < -0.3 is 14.6 Å². The SMILES string of the molecule is Cn1c(=O)c2c(ncn2CC(O)CN2CCN(CCCS(=O)(=O)c3ccc(Br)cc3)CC2)n(C)c1=O. The maximum atomic E-state index is 12.6. The number of hydrogen-bond donors (Lipinski definition) is 1. The summed E-state index contributed by atoms with van der Waals surface area (Å²) in [4.78, 5) is 33.6. The first-order valence-corrected chi connectivity index (χ1v) is 14.2. The van der Waals surface area contributed by atoms with Gasteiger partial charge in [-0.3, -0.25) is 18.8 Å². The van der Waals surface area contributed by atoms with E-state index >= 15 is 0 Å². The average molecular weight is 584 g/mol. The molecule has 0 saturated carbocycles. The molecule has 0 radical (unpaired) electrons. The van der Waals surface area contributed by atoms with Gasteiger partial charge in [0, 0.05) is 51.3 Å². The summed E-state index contributed by atoms with van der Waals surface area (Å²) in [5, 5.41) is 10.7. The smallest absolute Gasteiger partial charge is 0.332 e. The molecule has 2 aromatic heterocycles. The number of β-amino-alcohol motifs (C(OH)–C–C–N with tert-alkyl or cyclic N) is 1. The average Bonchev–Trinajstić information content (AvgIpc) is 3.26. The summed E-state index contributed by atoms with van der Waals surface area (Å²) in [7, 11) is -0.310. The van der Waals surface area contributed by atoms with Crippen LogP contribution in [0.2, 0.25) is 0 Å². The lowest BCUT2D eigenvalue weighted by atomic mass is 10.2. The summed E-state index contributed by atoms with van der Waals surface area (Å²) >= 11 is 3.32. The Hall–Kier alpha value is -2.32. The number of aliphatic hydroxyl groups excluding tert-OH is 1. The van der Waals surface area contributed by atoms with Gasteiger partial charge in [0.1, 0.15) is 0 Å². The minimum Gasteiger partial charge on any atom is -0.390 e. The Morgan fingerprint density at radius 3 is 2.31 bits per heavy atom. The van der Waals surface area contributed by atoms with Gasteiger partial charge in [-0.25, -0.2) is 18.2 Å². The third-order valence-electron chi connectivity index (χ3n) is 6.62. The number of sulfone groups is 1. The molecule has 1 fully saturated rings. The highest BCUT2D eigenvalue weighted by Gasteiger charge is 2.22. The van der Waals surface area contributed by atoms with Gasteiger partial charge in [0.05, 0.1) is 29.6 Å². The van der Waals surface area contributed by atoms with Gasteiger partial charge in [-0.2, -0.15) is 0 Å². The van der Waals surface area contributed by atoms with Crippen LogP contribution < -0.4 is 11.2 Å². The quantitative estimate of drug-likeness (QED) is 0.375. The van der Waals surface area contributed by atoms with Gasteiger partial charge in [-0.15, -0.1) is 0 Å². The molecular weight excluding hydrogens is 552 g/mol. The molecule has 0 aliphatic carbocycles. The fourth-order valence-electron chi connectivity index (χ4n) is 4.55. The van der Waals surface area contributed by atoms with Crippen LogP contribution in [-0.2, 0) is 30.5 Å². The number of imidazole rings is 1. The van der Waals surface area contributed by atoms with Crippen molar-refractivity contribution >= 4 is 36.9 Å². The second-order valence-electron chi connectivity index (χ2n) is 9.20. The molecule has 4 rings (SSSR count). The summed E-state index contributed by atoms with van der Waals surface area (Å²) in [6.45, 7) is 4.45. The zero-order valence-corrected chi connectivity index (χ0v) is 22.8. The number of benzene rings is 1. The molecule has 0 spiro atoms. The summed E-state index contributed by atoms with van der Waals surface area (Å²) in [6.07, 6.45) is 1.33. The van der Waals surface area contributed by atoms with Crippen LogP contribution in [0.1, 0.15) is 6.42 Å². The summed E-state index contributed by atoms with van der Waals surface area (Å²) in [6, 6.07) is 6.71. The van der Waals surface area contributed by atoms with Crippen molar-refractivity contribution in [1.29, 1.82) is 0 Å². The van der Waals surface area contributed by atoms with Crippen LogP contribution in [0, 0.1) is 0 Å². The number of aliphatic hydroxyl groups is 1. The van der Waals surface area contributed by atoms with E-state index in [9.17, 15) is 23.1 Å². The fourth-order valence-corrected chi connectivity index (χ4v) is 6.11. The number of rotatable bonds is 9. The molecule has 36 heavy (non-hydrogen) atoms. The Morgan fingerprint density at radius 2 is 1.64 bits per heavy atom. The van der Waals surface area contributed by atoms with Crippen LogP contribution in [0.15, 0.2) is 49.6 Å². The van der Waals surface area contributed by atoms with Gasteiger partial charge in [0.2, 0.25) is 0 Å². The first-order valence-electron chi connectivity index (χ1n) is 11.8. The number of aryl methyl sites for hydroxylation is 1. The first-order chi connectivity index (χ1) is 17.1. The van der Waals surface area contributed by atoms with E-state index in [0.717, 1.165) is 35.2 Å². The second kappa shape index (κ2) is 11.0. The molecule has 1 unspecified atom stereocenters. The Morgan fingerprint density at radius 1 is 1.00 bits per heavy atom. The minimum atomic E-state index is -3.30. The molecule has 1 aliphatic heterocycles. The number of nitrogens with zero attached hydrogens (tertiary/aromatic N) is 6. The lowest BCUT2D eigenvalue weighted by Crippen LogP contribution is -2.49. The van der Waals surface area contributed by atoms with Crippen molar-refractivity contribution in [2.45, 2.75) is 24.0 Å². The van der Waals surface area contributed by atoms with Crippen molar-refractivity contribution in [2.75, 3.05) is 45.0 Å². The predicted molar refractivity (Wildman–Crippen MR) is 140 cm³/mol. The second-order valence-corrected chi connectivity index (χ2v) is 12.2. The van der Waals surface area contributed by atoms with E-state index in [1.165, 1.54) is 17.9 Å². The molecule has 1 N–H and O–H groups in total. The molecule has 0 bridgehead atoms. The minimum absolute atomic E-state index is 0.109. The van der Waals surface area contributed by atoms with Crippen LogP contribution in [0.3, 0.4) is 0 Å². The molecular formula is C23H31BrN6O5S. The Labute approximate surface area is 217 Å². The number of halogens is 1. The largest absolute Gasteiger partial charge is 0.390 e. The van der Waals surface area contributed by atoms with E-state index in [-0.39, 0.29) is 12.3 Å². The molecule has 3 aromatic rings. The van der Waals surface area contributed by atoms with Crippen molar-refractivity contribution in [2.24, 2.45) is 14.1 Å². The molecule has 1 aliphatic rings. The normalized spacial score (nSPS) is 16.6. The van der Waals surface area contributed by atoms with Gasteiger partial charge in [0.15, 0.2) is 21.0 Å². The van der Waals surface area contributed by atoms with E-state index < -0.39 is 27.2 Å². The van der Waals surface area contributed by atoms with Crippen molar-refractivity contribution < 1.29 is 13.5 Å². The van der Waals surface area contributed by atoms with Gasteiger partial charge in [-0.05, 0) is 37.2 Å². The first kappa shape index (κ1) is 26.7. The van der Waals surface area contributed by atoms with Crippen LogP contribution in [0.5, 0.6) is 0 Å². The molecule has 1 aromatic carbocycles. The van der Waals surface area contributed by atoms with Crippen molar-refractivity contribution in [1.82, 2.24) is 28.5 Å². The molecule has 1 atom stereocenters. The van der Waals surface area contributed by atoms with E-state index in [4.69, 9.17) is 0 Å². The summed E-state index contributed by atoms with van der Waals surface area (Å²) in [5.41, 5.74) is -0.289. The topological polar surface area (TPSA) is 123 Å². The third-order valence-corrected chi connectivity index (χ3v) is 8.96. The highest BCUT2D eigenvalue weighted by molar-refractivity contribution is 9.10. The van der Waals surface area contributed by atoms with Gasteiger partial charge in [-0.1, -0.05) is 15.9 Å². The van der Waals surface area contributed by atoms with E-state index in [1.54, 1.807) is 35.9 Å². The molecule has 3 heterocycles. The van der Waals surface area contributed by atoms with Gasteiger partial charge in [0.25, 0.3) is 5.56 Å². The Kier molecular flexibility index (Phi) is 8.15. The molecule has 11 nitrogen and oxygen atoms in total. The van der Waals surface area contributed by atoms with Crippen molar-refractivity contribution in [3.63, 3.8) is 0 Å². The van der Waals surface area contributed by atoms with Crippen LogP contribution in [-0.4, -0.2) is 93.1 Å². The maximum absolute atomic E-state index is 12.6. The highest BCUT2D eigenvalue weighted by atomic mass is 79.9. The zero-order valence-electron chi connectivity index (χ0n) is 20.4. The van der Waals surface area contributed by atoms with E-state index in [0.29, 0.717) is 35.6 Å². The summed E-state index contributed by atoms with van der Waals surface area (Å²) < 4.78 is 29.9. The monoisotopic (exact) mass is 582 g/mol. The number of hydrogen-bond acceptors (Lipinski definition) is 8. The molecule has 13 heteroatoms. The maximum Gasteiger partial charge on any atom is 0.332 e. The number of aromatic nitrogens is 4. The lowest BCUT2D eigenvalue weighted by molar-refractivity contribution is 0.0650. The van der Waals surface area contributed by atoms with Crippen LogP contribution >= 0.6 is 15.9 Å². The lowest BCUT2D eigenvalue weighted by Gasteiger charge is -2.35. The van der Waals surface area contributed by atoms with Crippen LogP contribution in [0.4, 0.5) is 0 Å². The third kappa shape index (κ3) is 5.80. The predicted octanol–water partition coefficient (Wildman–Crippen LogP) is 0.0387. The Balaban J connectivity index is 1.25. The van der Waals surface area contributed by atoms with E-state index in [2.05, 4.69) is 30.7 Å². The fraction of sp³-hybridized carbons (Fsp3) is 0.522. The van der Waals surface area contributed by atoms with Gasteiger partial charge >= 0.3 is 5.69 Å². The highest BCUT2D eigenvalue weighted by Crippen LogP contribution is 2.17. The Bertz CT molecular complexity index is 1440. The number of fused-ring (bicyclic) bond motifs is 1. The standard InChI is InChI=1S/C23H31BrN6O5S/c1-26-21-20(22(32)27(2)23(26)33)30(16-25-21)15-18(31)14-29-11-9-28(10-12-29)8-3-13-36(34,35)19-6-4-17(24)5-7-19/h4-7,16,18,31H,3,8-15H2,1-2H3. The molecule has 0 amide bonds.